The number of hydrogen-bond donors (Lipinski definition) is 0. The van der Waals surface area contributed by atoms with Crippen LogP contribution in [0.4, 0.5) is 0 Å². The summed E-state index contributed by atoms with van der Waals surface area (Å²) in [6.45, 7) is 3.69. The zero-order chi connectivity index (χ0) is 15.0. The van der Waals surface area contributed by atoms with Crippen molar-refractivity contribution < 1.29 is 4.74 Å². The molecule has 2 unspecified atom stereocenters. The monoisotopic (exact) mass is 327 g/mol. The van der Waals surface area contributed by atoms with Crippen LogP contribution in [0, 0.1) is 5.92 Å². The first-order valence-corrected chi connectivity index (χ1v) is 8.62. The molecule has 0 N–H and O–H groups in total. The fourth-order valence-electron chi connectivity index (χ4n) is 4.18. The molecule has 2 aliphatic rings. The Morgan fingerprint density at radius 2 is 2.05 bits per heavy atom. The third kappa shape index (κ3) is 2.96. The molecule has 0 aliphatic carbocycles. The Morgan fingerprint density at radius 1 is 1.24 bits per heavy atom. The first-order chi connectivity index (χ1) is 10.1. The highest BCUT2D eigenvalue weighted by atomic mass is 35.5. The topological polar surface area (TPSA) is 12.5 Å². The number of piperidine rings is 1. The molecule has 2 aliphatic heterocycles. The summed E-state index contributed by atoms with van der Waals surface area (Å²) in [4.78, 5) is 2.57. The van der Waals surface area contributed by atoms with Crippen molar-refractivity contribution in [1.29, 1.82) is 0 Å². The summed E-state index contributed by atoms with van der Waals surface area (Å²) in [5.41, 5.74) is 1.32. The fraction of sp³-hybridized carbons (Fsp3) is 0.647. The van der Waals surface area contributed by atoms with E-state index in [9.17, 15) is 0 Å². The largest absolute Gasteiger partial charge is 0.381 e. The molecule has 0 aromatic heterocycles. The van der Waals surface area contributed by atoms with Crippen LogP contribution in [0.25, 0.3) is 0 Å². The van der Waals surface area contributed by atoms with Crippen LogP contribution in [0.5, 0.6) is 0 Å². The van der Waals surface area contributed by atoms with Gasteiger partial charge in [-0.05, 0) is 56.8 Å². The minimum atomic E-state index is 0.528. The lowest BCUT2D eigenvalue weighted by Gasteiger charge is -2.43. The summed E-state index contributed by atoms with van der Waals surface area (Å²) in [7, 11) is 2.27. The zero-order valence-electron chi connectivity index (χ0n) is 12.7. The second kappa shape index (κ2) is 6.45. The van der Waals surface area contributed by atoms with Crippen LogP contribution in [0.15, 0.2) is 18.2 Å². The Balaban J connectivity index is 1.88. The summed E-state index contributed by atoms with van der Waals surface area (Å²) in [5, 5.41) is 1.30. The third-order valence-corrected chi connectivity index (χ3v) is 6.06. The zero-order valence-corrected chi connectivity index (χ0v) is 14.2. The fourth-order valence-corrected chi connectivity index (χ4v) is 4.49. The summed E-state index contributed by atoms with van der Waals surface area (Å²) in [5.74, 6) is 1.07. The third-order valence-electron chi connectivity index (χ3n) is 5.32. The highest BCUT2D eigenvalue weighted by molar-refractivity contribution is 6.42. The van der Waals surface area contributed by atoms with Gasteiger partial charge in [0.2, 0.25) is 0 Å². The molecule has 2 heterocycles. The van der Waals surface area contributed by atoms with Crippen molar-refractivity contribution >= 4 is 23.2 Å². The maximum Gasteiger partial charge on any atom is 0.0595 e. The van der Waals surface area contributed by atoms with Gasteiger partial charge in [0.25, 0.3) is 0 Å². The van der Waals surface area contributed by atoms with E-state index in [1.54, 1.807) is 0 Å². The smallest absolute Gasteiger partial charge is 0.0595 e. The second-order valence-corrected chi connectivity index (χ2v) is 7.12. The van der Waals surface area contributed by atoms with Crippen LogP contribution in [0.2, 0.25) is 10.0 Å². The van der Waals surface area contributed by atoms with Crippen molar-refractivity contribution in [1.82, 2.24) is 4.90 Å². The quantitative estimate of drug-likeness (QED) is 0.801. The molecule has 2 bridgehead atoms. The number of rotatable bonds is 4. The maximum absolute atomic E-state index is 6.23. The summed E-state index contributed by atoms with van der Waals surface area (Å²) in [6.07, 6.45) is 3.79. The lowest BCUT2D eigenvalue weighted by Crippen LogP contribution is -2.47. The van der Waals surface area contributed by atoms with Crippen LogP contribution < -0.4 is 0 Å². The molecule has 0 amide bonds. The van der Waals surface area contributed by atoms with Crippen LogP contribution >= 0.6 is 23.2 Å². The van der Waals surface area contributed by atoms with E-state index >= 15 is 0 Å². The van der Waals surface area contributed by atoms with Gasteiger partial charge >= 0.3 is 0 Å². The molecular formula is C17H23Cl2NO. The van der Waals surface area contributed by atoms with Gasteiger partial charge in [-0.25, -0.2) is 0 Å². The summed E-state index contributed by atoms with van der Waals surface area (Å²) < 4.78 is 5.79. The Morgan fingerprint density at radius 3 is 2.76 bits per heavy atom. The van der Waals surface area contributed by atoms with Crippen LogP contribution in [0.3, 0.4) is 0 Å². The molecule has 116 valence electrons. The Kier molecular flexibility index (Phi) is 4.80. The molecule has 0 spiro atoms. The van der Waals surface area contributed by atoms with Crippen molar-refractivity contribution in [2.24, 2.45) is 5.92 Å². The van der Waals surface area contributed by atoms with E-state index in [0.29, 0.717) is 34.0 Å². The van der Waals surface area contributed by atoms with E-state index in [1.165, 1.54) is 24.8 Å². The number of nitrogens with zero attached hydrogens (tertiary/aromatic N) is 1. The van der Waals surface area contributed by atoms with Crippen LogP contribution in [-0.2, 0) is 4.74 Å². The van der Waals surface area contributed by atoms with Crippen LogP contribution in [0.1, 0.15) is 37.7 Å². The van der Waals surface area contributed by atoms with Crippen LogP contribution in [-0.4, -0.2) is 37.2 Å². The number of ether oxygens (including phenoxy) is 1. The SMILES string of the molecule is CCOCC1C(c2ccc(Cl)c(Cl)c2)C[C@@H]2CC[C@H]1N2C. The van der Waals surface area contributed by atoms with Gasteiger partial charge in [-0.1, -0.05) is 29.3 Å². The van der Waals surface area contributed by atoms with Gasteiger partial charge in [-0.15, -0.1) is 0 Å². The van der Waals surface area contributed by atoms with Crippen molar-refractivity contribution in [3.05, 3.63) is 33.8 Å². The first-order valence-electron chi connectivity index (χ1n) is 7.86. The van der Waals surface area contributed by atoms with Crippen molar-refractivity contribution in [3.63, 3.8) is 0 Å². The van der Waals surface area contributed by atoms with E-state index in [2.05, 4.69) is 31.0 Å². The van der Waals surface area contributed by atoms with E-state index in [1.807, 2.05) is 6.07 Å². The maximum atomic E-state index is 6.23. The van der Waals surface area contributed by atoms with Gasteiger partial charge in [-0.3, -0.25) is 0 Å². The minimum absolute atomic E-state index is 0.528. The molecule has 2 nitrogen and oxygen atoms in total. The van der Waals surface area contributed by atoms with Crippen molar-refractivity contribution in [2.45, 2.75) is 44.2 Å². The first kappa shape index (κ1) is 15.6. The lowest BCUT2D eigenvalue weighted by atomic mass is 9.76. The van der Waals surface area contributed by atoms with Gasteiger partial charge in [0.1, 0.15) is 0 Å². The van der Waals surface area contributed by atoms with E-state index in [-0.39, 0.29) is 0 Å². The van der Waals surface area contributed by atoms with Crippen molar-refractivity contribution in [3.8, 4) is 0 Å². The Labute approximate surface area is 137 Å². The Bertz CT molecular complexity index is 508. The molecule has 4 heteroatoms. The van der Waals surface area contributed by atoms with Crippen molar-refractivity contribution in [2.75, 3.05) is 20.3 Å². The molecule has 2 fully saturated rings. The highest BCUT2D eigenvalue weighted by Gasteiger charge is 2.45. The predicted octanol–water partition coefficient (Wildman–Crippen LogP) is 4.60. The highest BCUT2D eigenvalue weighted by Crippen LogP contribution is 2.46. The predicted molar refractivity (Wildman–Crippen MR) is 88.4 cm³/mol. The molecule has 21 heavy (non-hydrogen) atoms. The van der Waals surface area contributed by atoms with Gasteiger partial charge < -0.3 is 9.64 Å². The molecule has 3 rings (SSSR count). The molecular weight excluding hydrogens is 305 g/mol. The average molecular weight is 328 g/mol. The van der Waals surface area contributed by atoms with Gasteiger partial charge in [0.05, 0.1) is 16.7 Å². The van der Waals surface area contributed by atoms with E-state index in [0.717, 1.165) is 13.2 Å². The molecule has 0 saturated carbocycles. The molecule has 1 aromatic carbocycles. The van der Waals surface area contributed by atoms with E-state index in [4.69, 9.17) is 27.9 Å². The summed E-state index contributed by atoms with van der Waals surface area (Å²) in [6, 6.07) is 7.46. The number of benzene rings is 1. The molecule has 1 aromatic rings. The Hall–Kier alpha value is -0.280. The second-order valence-electron chi connectivity index (χ2n) is 6.30. The standard InChI is InChI=1S/C17H23Cl2NO/c1-3-21-10-14-13(9-12-5-7-17(14)20(12)2)11-4-6-15(18)16(19)8-11/h4,6,8,12-14,17H,3,5,7,9-10H2,1-2H3/t12-,13?,14?,17+/m0/s1. The van der Waals surface area contributed by atoms with Gasteiger partial charge in [-0.2, -0.15) is 0 Å². The molecule has 4 atom stereocenters. The number of hydrogen-bond acceptors (Lipinski definition) is 2. The average Bonchev–Trinajstić information content (AvgIpc) is 2.72. The number of fused-ring (bicyclic) bond motifs is 2. The normalized spacial score (nSPS) is 32.6. The summed E-state index contributed by atoms with van der Waals surface area (Å²) >= 11 is 12.3. The molecule has 0 radical (unpaired) electrons. The van der Waals surface area contributed by atoms with Gasteiger partial charge in [0, 0.05) is 24.6 Å². The molecule has 2 saturated heterocycles. The minimum Gasteiger partial charge on any atom is -0.381 e. The van der Waals surface area contributed by atoms with Gasteiger partial charge in [0.15, 0.2) is 0 Å². The lowest BCUT2D eigenvalue weighted by molar-refractivity contribution is 0.0253. The van der Waals surface area contributed by atoms with E-state index < -0.39 is 0 Å². The number of halogens is 2.